The van der Waals surface area contributed by atoms with Crippen LogP contribution in [0.4, 0.5) is 0 Å². The molecule has 2 rings (SSSR count). The van der Waals surface area contributed by atoms with Crippen molar-refractivity contribution in [1.29, 1.82) is 0 Å². The van der Waals surface area contributed by atoms with Gasteiger partial charge in [0.1, 0.15) is 11.5 Å². The van der Waals surface area contributed by atoms with Gasteiger partial charge in [0.2, 0.25) is 5.91 Å². The molecule has 3 N–H and O–H groups in total. The topological polar surface area (TPSA) is 97.2 Å². The maximum Gasteiger partial charge on any atom is 0.547 e. The van der Waals surface area contributed by atoms with Crippen molar-refractivity contribution in [2.45, 2.75) is 38.9 Å². The summed E-state index contributed by atoms with van der Waals surface area (Å²) >= 11 is 0. The summed E-state index contributed by atoms with van der Waals surface area (Å²) < 4.78 is 16.0. The van der Waals surface area contributed by atoms with E-state index in [-0.39, 0.29) is 5.91 Å². The number of carbonyl (C=O) groups is 1. The standard InChI is InChI=1S/C15H22BNO6/c1-4-12(18)17-11-8-9-6-7-10(21-3)13(15(19)22-5-2)14(9)23-16(11)20/h6-7,11,15,19-20H,4-5,8H2,1-3H3,(H,17,18)/t11-,15?/m0/s1. The summed E-state index contributed by atoms with van der Waals surface area (Å²) in [4.78, 5) is 11.5. The van der Waals surface area contributed by atoms with Crippen LogP contribution >= 0.6 is 0 Å². The van der Waals surface area contributed by atoms with Crippen molar-refractivity contribution in [3.8, 4) is 11.5 Å². The Morgan fingerprint density at radius 1 is 1.52 bits per heavy atom. The molecule has 1 aromatic carbocycles. The normalized spacial score (nSPS) is 18.0. The van der Waals surface area contributed by atoms with Crippen molar-refractivity contribution in [2.75, 3.05) is 13.7 Å². The fraction of sp³-hybridized carbons (Fsp3) is 0.533. The van der Waals surface area contributed by atoms with E-state index in [1.165, 1.54) is 7.11 Å². The van der Waals surface area contributed by atoms with Gasteiger partial charge in [-0.2, -0.15) is 0 Å². The summed E-state index contributed by atoms with van der Waals surface area (Å²) in [6.07, 6.45) is -0.510. The maximum absolute atomic E-state index is 11.5. The van der Waals surface area contributed by atoms with Gasteiger partial charge in [0.15, 0.2) is 6.29 Å². The average molecular weight is 323 g/mol. The molecule has 1 aromatic rings. The number of nitrogens with one attached hydrogen (secondary N) is 1. The molecule has 23 heavy (non-hydrogen) atoms. The zero-order valence-corrected chi connectivity index (χ0v) is 13.5. The zero-order chi connectivity index (χ0) is 17.0. The fourth-order valence-electron chi connectivity index (χ4n) is 2.55. The van der Waals surface area contributed by atoms with E-state index >= 15 is 0 Å². The van der Waals surface area contributed by atoms with Crippen LogP contribution < -0.4 is 14.7 Å². The highest BCUT2D eigenvalue weighted by molar-refractivity contribution is 6.46. The minimum Gasteiger partial charge on any atom is -0.534 e. The molecule has 1 aliphatic heterocycles. The Morgan fingerprint density at radius 2 is 2.26 bits per heavy atom. The molecule has 0 aliphatic carbocycles. The second-order valence-corrected chi connectivity index (χ2v) is 5.22. The van der Waals surface area contributed by atoms with Crippen LogP contribution in [0.3, 0.4) is 0 Å². The highest BCUT2D eigenvalue weighted by atomic mass is 16.6. The first kappa shape index (κ1) is 17.6. The molecule has 126 valence electrons. The molecule has 8 heteroatoms. The smallest absolute Gasteiger partial charge is 0.534 e. The monoisotopic (exact) mass is 323 g/mol. The van der Waals surface area contributed by atoms with Crippen molar-refractivity contribution in [3.05, 3.63) is 23.3 Å². The van der Waals surface area contributed by atoms with Crippen molar-refractivity contribution in [2.24, 2.45) is 0 Å². The van der Waals surface area contributed by atoms with Crippen molar-refractivity contribution in [3.63, 3.8) is 0 Å². The number of aliphatic hydroxyl groups is 1. The van der Waals surface area contributed by atoms with Gasteiger partial charge in [-0.1, -0.05) is 13.0 Å². The highest BCUT2D eigenvalue weighted by Crippen LogP contribution is 2.40. The van der Waals surface area contributed by atoms with Crippen LogP contribution in [0.25, 0.3) is 0 Å². The number of benzene rings is 1. The Morgan fingerprint density at radius 3 is 2.87 bits per heavy atom. The third kappa shape index (κ3) is 3.77. The predicted molar refractivity (Wildman–Crippen MR) is 84.1 cm³/mol. The number of aliphatic hydroxyl groups excluding tert-OH is 1. The summed E-state index contributed by atoms with van der Waals surface area (Å²) in [5, 5.41) is 23.1. The number of amides is 1. The van der Waals surface area contributed by atoms with Gasteiger partial charge in [0, 0.05) is 13.0 Å². The molecule has 0 aromatic heterocycles. The first-order valence-electron chi connectivity index (χ1n) is 7.65. The van der Waals surface area contributed by atoms with Crippen molar-refractivity contribution < 1.29 is 29.1 Å². The number of ether oxygens (including phenoxy) is 2. The third-order valence-corrected chi connectivity index (χ3v) is 3.72. The van der Waals surface area contributed by atoms with Gasteiger partial charge >= 0.3 is 7.12 Å². The molecule has 0 saturated carbocycles. The SMILES string of the molecule is CCOC(O)c1c(OC)ccc2c1OB(O)[C@@H](NC(=O)CC)C2. The van der Waals surface area contributed by atoms with Gasteiger partial charge in [-0.15, -0.1) is 0 Å². The minimum absolute atomic E-state index is 0.163. The lowest BCUT2D eigenvalue weighted by molar-refractivity contribution is -0.121. The molecular formula is C15H22BNO6. The molecule has 0 saturated heterocycles. The van der Waals surface area contributed by atoms with Gasteiger partial charge in [-0.05, 0) is 25.0 Å². The molecule has 1 amide bonds. The molecule has 0 radical (unpaired) electrons. The number of hydrogen-bond donors (Lipinski definition) is 3. The van der Waals surface area contributed by atoms with Crippen molar-refractivity contribution in [1.82, 2.24) is 5.32 Å². The number of carbonyl (C=O) groups excluding carboxylic acids is 1. The summed E-state index contributed by atoms with van der Waals surface area (Å²) in [6, 6.07) is 3.49. The molecule has 1 heterocycles. The van der Waals surface area contributed by atoms with E-state index in [2.05, 4.69) is 5.32 Å². The first-order valence-corrected chi connectivity index (χ1v) is 7.65. The van der Waals surface area contributed by atoms with Gasteiger partial charge in [0.25, 0.3) is 0 Å². The van der Waals surface area contributed by atoms with E-state index in [9.17, 15) is 14.9 Å². The molecule has 0 spiro atoms. The first-order chi connectivity index (χ1) is 11.0. The Balaban J connectivity index is 2.35. The van der Waals surface area contributed by atoms with E-state index in [1.807, 2.05) is 0 Å². The maximum atomic E-state index is 11.5. The van der Waals surface area contributed by atoms with Crippen LogP contribution in [-0.4, -0.2) is 42.8 Å². The van der Waals surface area contributed by atoms with Gasteiger partial charge in [-0.3, -0.25) is 4.79 Å². The predicted octanol–water partition coefficient (Wildman–Crippen LogP) is 0.572. The van der Waals surface area contributed by atoms with Crippen LogP contribution in [0, 0.1) is 0 Å². The molecule has 2 atom stereocenters. The van der Waals surface area contributed by atoms with Crippen LogP contribution in [0.5, 0.6) is 11.5 Å². The molecule has 1 aliphatic rings. The minimum atomic E-state index is -1.22. The van der Waals surface area contributed by atoms with Crippen LogP contribution in [0.15, 0.2) is 12.1 Å². The lowest BCUT2D eigenvalue weighted by Gasteiger charge is -2.31. The van der Waals surface area contributed by atoms with E-state index in [1.54, 1.807) is 26.0 Å². The Hall–Kier alpha value is -1.77. The average Bonchev–Trinajstić information content (AvgIpc) is 2.54. The van der Waals surface area contributed by atoms with E-state index in [0.29, 0.717) is 36.5 Å². The quantitative estimate of drug-likeness (QED) is 0.523. The summed E-state index contributed by atoms with van der Waals surface area (Å²) in [6.45, 7) is 3.81. The highest BCUT2D eigenvalue weighted by Gasteiger charge is 2.38. The number of fused-ring (bicyclic) bond motifs is 1. The Bertz CT molecular complexity index is 567. The largest absolute Gasteiger partial charge is 0.547 e. The number of rotatable bonds is 6. The van der Waals surface area contributed by atoms with Gasteiger partial charge in [-0.25, -0.2) is 0 Å². The summed E-state index contributed by atoms with van der Waals surface area (Å²) in [5.41, 5.74) is 1.09. The lowest BCUT2D eigenvalue weighted by atomic mass is 9.72. The van der Waals surface area contributed by atoms with Gasteiger partial charge in [0.05, 0.1) is 18.6 Å². The molecule has 1 unspecified atom stereocenters. The van der Waals surface area contributed by atoms with Gasteiger partial charge < -0.3 is 29.6 Å². The fourth-order valence-corrected chi connectivity index (χ4v) is 2.55. The second-order valence-electron chi connectivity index (χ2n) is 5.22. The van der Waals surface area contributed by atoms with Crippen LogP contribution in [0.1, 0.15) is 37.7 Å². The van der Waals surface area contributed by atoms with E-state index in [0.717, 1.165) is 5.56 Å². The van der Waals surface area contributed by atoms with E-state index < -0.39 is 19.3 Å². The molecule has 0 bridgehead atoms. The summed E-state index contributed by atoms with van der Waals surface area (Å²) in [7, 11) is 0.269. The molecular weight excluding hydrogens is 301 g/mol. The van der Waals surface area contributed by atoms with Crippen LogP contribution in [0.2, 0.25) is 0 Å². The summed E-state index contributed by atoms with van der Waals surface area (Å²) in [5.74, 6) is 0.0392. The Kier molecular flexibility index (Phi) is 5.87. The Labute approximate surface area is 135 Å². The van der Waals surface area contributed by atoms with E-state index in [4.69, 9.17) is 14.1 Å². The number of methoxy groups -OCH3 is 1. The molecule has 0 fully saturated rings. The second kappa shape index (κ2) is 7.67. The zero-order valence-electron chi connectivity index (χ0n) is 13.5. The third-order valence-electron chi connectivity index (χ3n) is 3.72. The van der Waals surface area contributed by atoms with Crippen molar-refractivity contribution >= 4 is 13.0 Å². The lowest BCUT2D eigenvalue weighted by Crippen LogP contribution is -2.53. The molecule has 7 nitrogen and oxygen atoms in total. The number of hydrogen-bond acceptors (Lipinski definition) is 6. The van der Waals surface area contributed by atoms with Crippen LogP contribution in [-0.2, 0) is 16.0 Å².